The van der Waals surface area contributed by atoms with Crippen LogP contribution in [0.15, 0.2) is 79.1 Å². The number of rotatable bonds is 2. The summed E-state index contributed by atoms with van der Waals surface area (Å²) in [5.74, 6) is 0. The van der Waals surface area contributed by atoms with E-state index in [9.17, 15) is 0 Å². The van der Waals surface area contributed by atoms with Gasteiger partial charge >= 0.3 is 0 Å². The average molecular weight is 373 g/mol. The minimum absolute atomic E-state index is 0. The van der Waals surface area contributed by atoms with Crippen molar-refractivity contribution in [3.63, 3.8) is 0 Å². The highest BCUT2D eigenvalue weighted by Crippen LogP contribution is 2.23. The Morgan fingerprint density at radius 1 is 0.550 bits per heavy atom. The van der Waals surface area contributed by atoms with E-state index in [0.717, 1.165) is 0 Å². The first-order chi connectivity index (χ1) is 9.33. The van der Waals surface area contributed by atoms with E-state index in [4.69, 9.17) is 0 Å². The lowest BCUT2D eigenvalue weighted by Crippen LogP contribution is -3.00. The van der Waals surface area contributed by atoms with E-state index in [0.29, 0.717) is 0 Å². The van der Waals surface area contributed by atoms with Gasteiger partial charge in [0.2, 0.25) is 0 Å². The highest BCUT2D eigenvalue weighted by Gasteiger charge is 2.01. The van der Waals surface area contributed by atoms with Gasteiger partial charge in [0.25, 0.3) is 0 Å². The minimum Gasteiger partial charge on any atom is -1.00 e. The summed E-state index contributed by atoms with van der Waals surface area (Å²) < 4.78 is 2.04. The zero-order valence-electron chi connectivity index (χ0n) is 11.3. The van der Waals surface area contributed by atoms with Gasteiger partial charge in [0, 0.05) is 12.1 Å². The van der Waals surface area contributed by atoms with E-state index in [1.807, 2.05) is 17.7 Å². The predicted molar refractivity (Wildman–Crippen MR) is 78.5 cm³/mol. The summed E-state index contributed by atoms with van der Waals surface area (Å²) in [6.07, 6.45) is 4.14. The van der Waals surface area contributed by atoms with Gasteiger partial charge in [-0.25, -0.2) is 4.57 Å². The van der Waals surface area contributed by atoms with Crippen molar-refractivity contribution in [2.45, 2.75) is 0 Å². The van der Waals surface area contributed by atoms with Crippen LogP contribution < -0.4 is 28.5 Å². The van der Waals surface area contributed by atoms with Crippen molar-refractivity contribution >= 4 is 0 Å². The highest BCUT2D eigenvalue weighted by molar-refractivity contribution is 5.69. The fraction of sp³-hybridized carbons (Fsp3) is 0.0556. The van der Waals surface area contributed by atoms with E-state index in [-0.39, 0.29) is 24.0 Å². The Labute approximate surface area is 136 Å². The molecule has 0 unspecified atom stereocenters. The molecule has 0 N–H and O–H groups in total. The Bertz CT molecular complexity index is 658. The van der Waals surface area contributed by atoms with Gasteiger partial charge in [0.15, 0.2) is 12.4 Å². The standard InChI is InChI=1S/C18H16N.HI/c1-19-13-11-18(12-14-19)17-9-7-16(8-10-17)15-5-3-2-4-6-15;/h2-14H,1H3;1H/q+1;/p-1. The fourth-order valence-corrected chi connectivity index (χ4v) is 2.18. The Morgan fingerprint density at radius 2 is 0.950 bits per heavy atom. The van der Waals surface area contributed by atoms with E-state index >= 15 is 0 Å². The van der Waals surface area contributed by atoms with Crippen LogP contribution in [0.5, 0.6) is 0 Å². The van der Waals surface area contributed by atoms with Crippen molar-refractivity contribution in [1.29, 1.82) is 0 Å². The van der Waals surface area contributed by atoms with Crippen LogP contribution in [0.2, 0.25) is 0 Å². The summed E-state index contributed by atoms with van der Waals surface area (Å²) in [7, 11) is 2.03. The summed E-state index contributed by atoms with van der Waals surface area (Å²) in [5.41, 5.74) is 5.01. The van der Waals surface area contributed by atoms with Crippen LogP contribution in [0, 0.1) is 0 Å². The summed E-state index contributed by atoms with van der Waals surface area (Å²) in [4.78, 5) is 0. The third-order valence-corrected chi connectivity index (χ3v) is 3.30. The second-order valence-corrected chi connectivity index (χ2v) is 4.70. The molecule has 2 aromatic carbocycles. The Hall–Kier alpha value is -1.68. The van der Waals surface area contributed by atoms with E-state index in [1.54, 1.807) is 0 Å². The van der Waals surface area contributed by atoms with Crippen LogP contribution in [-0.4, -0.2) is 0 Å². The van der Waals surface area contributed by atoms with Crippen LogP contribution in [0.3, 0.4) is 0 Å². The molecule has 0 fully saturated rings. The lowest BCUT2D eigenvalue weighted by molar-refractivity contribution is -0.671. The number of benzene rings is 2. The Morgan fingerprint density at radius 3 is 1.45 bits per heavy atom. The molecule has 0 amide bonds. The fourth-order valence-electron chi connectivity index (χ4n) is 2.18. The lowest BCUT2D eigenvalue weighted by Gasteiger charge is -2.04. The SMILES string of the molecule is C[n+]1ccc(-c2ccc(-c3ccccc3)cc2)cc1.[I-]. The molecule has 0 spiro atoms. The van der Waals surface area contributed by atoms with Gasteiger partial charge < -0.3 is 24.0 Å². The maximum atomic E-state index is 2.18. The number of halogens is 1. The Kier molecular flexibility index (Phi) is 4.90. The maximum absolute atomic E-state index is 2.18. The summed E-state index contributed by atoms with van der Waals surface area (Å²) in [6.45, 7) is 0. The molecular weight excluding hydrogens is 357 g/mol. The molecule has 0 atom stereocenters. The normalized spacial score (nSPS) is 9.85. The second kappa shape index (κ2) is 6.66. The van der Waals surface area contributed by atoms with Gasteiger partial charge in [-0.3, -0.25) is 0 Å². The minimum atomic E-state index is 0. The second-order valence-electron chi connectivity index (χ2n) is 4.70. The largest absolute Gasteiger partial charge is 1.00 e. The first-order valence-corrected chi connectivity index (χ1v) is 6.44. The zero-order chi connectivity index (χ0) is 13.1. The van der Waals surface area contributed by atoms with E-state index in [1.165, 1.54) is 22.3 Å². The first-order valence-electron chi connectivity index (χ1n) is 6.44. The molecule has 0 aliphatic carbocycles. The third-order valence-electron chi connectivity index (χ3n) is 3.30. The highest BCUT2D eigenvalue weighted by atomic mass is 127. The molecule has 0 aliphatic rings. The van der Waals surface area contributed by atoms with Crippen LogP contribution in [0.1, 0.15) is 0 Å². The molecule has 0 radical (unpaired) electrons. The summed E-state index contributed by atoms with van der Waals surface area (Å²) in [5, 5.41) is 0. The van der Waals surface area contributed by atoms with Crippen molar-refractivity contribution in [2.24, 2.45) is 7.05 Å². The van der Waals surface area contributed by atoms with Gasteiger partial charge in [-0.1, -0.05) is 54.6 Å². The molecule has 100 valence electrons. The number of nitrogens with zero attached hydrogens (tertiary/aromatic N) is 1. The monoisotopic (exact) mass is 373 g/mol. The van der Waals surface area contributed by atoms with Crippen LogP contribution in [-0.2, 0) is 7.05 Å². The van der Waals surface area contributed by atoms with Gasteiger partial charge in [-0.05, 0) is 22.3 Å². The smallest absolute Gasteiger partial charge is 0.169 e. The number of aromatic nitrogens is 1. The maximum Gasteiger partial charge on any atom is 0.169 e. The first kappa shape index (κ1) is 14.7. The molecular formula is C18H16IN. The van der Waals surface area contributed by atoms with Crippen LogP contribution in [0.4, 0.5) is 0 Å². The molecule has 0 bridgehead atoms. The third kappa shape index (κ3) is 3.25. The molecule has 20 heavy (non-hydrogen) atoms. The molecule has 3 aromatic rings. The van der Waals surface area contributed by atoms with E-state index < -0.39 is 0 Å². The van der Waals surface area contributed by atoms with Crippen molar-refractivity contribution in [1.82, 2.24) is 0 Å². The quantitative estimate of drug-likeness (QED) is 0.463. The van der Waals surface area contributed by atoms with Crippen molar-refractivity contribution in [3.8, 4) is 22.3 Å². The molecule has 3 rings (SSSR count). The van der Waals surface area contributed by atoms with Gasteiger partial charge in [0.05, 0.1) is 0 Å². The molecule has 1 heterocycles. The molecule has 2 heteroatoms. The number of hydrogen-bond donors (Lipinski definition) is 0. The predicted octanol–water partition coefficient (Wildman–Crippen LogP) is 0.849. The average Bonchev–Trinajstić information content (AvgIpc) is 2.49. The van der Waals surface area contributed by atoms with Crippen LogP contribution in [0.25, 0.3) is 22.3 Å². The topological polar surface area (TPSA) is 3.88 Å². The molecule has 0 saturated carbocycles. The Balaban J connectivity index is 0.00000147. The van der Waals surface area contributed by atoms with Gasteiger partial charge in [-0.2, -0.15) is 0 Å². The molecule has 0 saturated heterocycles. The molecule has 0 aliphatic heterocycles. The van der Waals surface area contributed by atoms with Crippen molar-refractivity contribution in [3.05, 3.63) is 79.1 Å². The lowest BCUT2D eigenvalue weighted by atomic mass is 10.0. The van der Waals surface area contributed by atoms with E-state index in [2.05, 4.69) is 73.1 Å². The van der Waals surface area contributed by atoms with Gasteiger partial charge in [0.1, 0.15) is 7.05 Å². The number of aryl methyl sites for hydroxylation is 1. The van der Waals surface area contributed by atoms with Gasteiger partial charge in [-0.15, -0.1) is 0 Å². The van der Waals surface area contributed by atoms with Crippen molar-refractivity contribution in [2.75, 3.05) is 0 Å². The number of pyridine rings is 1. The number of hydrogen-bond acceptors (Lipinski definition) is 0. The summed E-state index contributed by atoms with van der Waals surface area (Å²) >= 11 is 0. The zero-order valence-corrected chi connectivity index (χ0v) is 13.5. The summed E-state index contributed by atoms with van der Waals surface area (Å²) in [6, 6.07) is 23.4. The molecule has 1 aromatic heterocycles. The van der Waals surface area contributed by atoms with Crippen LogP contribution >= 0.6 is 0 Å². The molecule has 1 nitrogen and oxygen atoms in total. The van der Waals surface area contributed by atoms with Crippen molar-refractivity contribution < 1.29 is 28.5 Å².